The summed E-state index contributed by atoms with van der Waals surface area (Å²) >= 11 is 0. The molecule has 2 saturated heterocycles. The lowest BCUT2D eigenvalue weighted by Crippen LogP contribution is -2.54. The number of aromatic nitrogens is 2. The maximum absolute atomic E-state index is 12.5. The molecule has 1 spiro atoms. The number of aromatic amines is 1. The van der Waals surface area contributed by atoms with Crippen LogP contribution in [0.3, 0.4) is 0 Å². The third-order valence-corrected chi connectivity index (χ3v) is 4.80. The molecule has 2 fully saturated rings. The normalized spacial score (nSPS) is 23.9. The number of nitrogens with one attached hydrogen (secondary N) is 2. The van der Waals surface area contributed by atoms with Crippen LogP contribution < -0.4 is 5.32 Å². The minimum atomic E-state index is -0.561. The molecule has 2 aliphatic heterocycles. The van der Waals surface area contributed by atoms with Crippen molar-refractivity contribution in [2.75, 3.05) is 26.7 Å². The largest absolute Gasteiger partial charge is 0.439 e. The molecule has 3 amide bonds. The lowest BCUT2D eigenvalue weighted by Gasteiger charge is -2.38. The summed E-state index contributed by atoms with van der Waals surface area (Å²) in [6, 6.07) is 1.84. The number of nitrogens with zero attached hydrogens (tertiary/aromatic N) is 3. The van der Waals surface area contributed by atoms with E-state index in [1.54, 1.807) is 16.8 Å². The third-order valence-electron chi connectivity index (χ3n) is 4.80. The number of carbonyl (C=O) groups excluding carboxylic acids is 2. The molecule has 1 aromatic rings. The first-order valence-electron chi connectivity index (χ1n) is 8.70. The Balaban J connectivity index is 1.56. The first-order valence-corrected chi connectivity index (χ1v) is 8.70. The number of likely N-dealkylation sites (N-methyl/N-ethyl adjacent to an activating group) is 1. The van der Waals surface area contributed by atoms with Crippen LogP contribution in [0.2, 0.25) is 0 Å². The van der Waals surface area contributed by atoms with E-state index in [2.05, 4.69) is 36.3 Å². The van der Waals surface area contributed by atoms with Crippen molar-refractivity contribution in [3.05, 3.63) is 17.5 Å². The van der Waals surface area contributed by atoms with Crippen LogP contribution >= 0.6 is 0 Å². The molecule has 8 heteroatoms. The SMILES string of the molecule is CN1C[C@@]2(CCCN(C(=O)NCc3cc(C(C)(C)C)n[nH]3)C2)OC1=O. The van der Waals surface area contributed by atoms with E-state index in [9.17, 15) is 9.59 Å². The molecular formula is C17H27N5O3. The molecule has 2 N–H and O–H groups in total. The van der Waals surface area contributed by atoms with E-state index in [0.29, 0.717) is 26.2 Å². The predicted molar refractivity (Wildman–Crippen MR) is 92.2 cm³/mol. The zero-order valence-corrected chi connectivity index (χ0v) is 15.4. The van der Waals surface area contributed by atoms with Crippen molar-refractivity contribution in [2.45, 2.75) is 51.2 Å². The minimum absolute atomic E-state index is 0.0314. The highest BCUT2D eigenvalue weighted by Crippen LogP contribution is 2.31. The van der Waals surface area contributed by atoms with Crippen LogP contribution in [0, 0.1) is 0 Å². The van der Waals surface area contributed by atoms with Crippen molar-refractivity contribution < 1.29 is 14.3 Å². The number of H-pyrrole nitrogens is 1. The summed E-state index contributed by atoms with van der Waals surface area (Å²) in [6.07, 6.45) is 1.31. The van der Waals surface area contributed by atoms with Crippen LogP contribution in [0.4, 0.5) is 9.59 Å². The molecule has 1 aromatic heterocycles. The molecule has 3 rings (SSSR count). The molecule has 0 unspecified atom stereocenters. The molecule has 25 heavy (non-hydrogen) atoms. The van der Waals surface area contributed by atoms with Gasteiger partial charge >= 0.3 is 12.1 Å². The molecule has 0 aromatic carbocycles. The van der Waals surface area contributed by atoms with Gasteiger partial charge in [0.25, 0.3) is 0 Å². The molecule has 2 aliphatic rings. The lowest BCUT2D eigenvalue weighted by molar-refractivity contribution is 0.00317. The molecule has 0 radical (unpaired) electrons. The summed E-state index contributed by atoms with van der Waals surface area (Å²) in [7, 11) is 1.72. The summed E-state index contributed by atoms with van der Waals surface area (Å²) in [4.78, 5) is 27.5. The van der Waals surface area contributed by atoms with Gasteiger partial charge < -0.3 is 19.9 Å². The number of amides is 3. The smallest absolute Gasteiger partial charge is 0.410 e. The fourth-order valence-electron chi connectivity index (χ4n) is 3.39. The molecule has 0 bridgehead atoms. The Morgan fingerprint density at radius 2 is 2.20 bits per heavy atom. The number of hydrogen-bond donors (Lipinski definition) is 2. The highest BCUT2D eigenvalue weighted by molar-refractivity contribution is 5.75. The van der Waals surface area contributed by atoms with Crippen molar-refractivity contribution in [3.63, 3.8) is 0 Å². The van der Waals surface area contributed by atoms with Crippen molar-refractivity contribution in [1.29, 1.82) is 0 Å². The standard InChI is InChI=1S/C17H27N5O3/c1-16(2,3)13-8-12(19-20-13)9-18-14(23)22-7-5-6-17(11-22)10-21(4)15(24)25-17/h8H,5-7,9-11H2,1-4H3,(H,18,23)(H,19,20)/t17-/m1/s1. The Morgan fingerprint density at radius 1 is 1.44 bits per heavy atom. The van der Waals surface area contributed by atoms with Gasteiger partial charge in [0, 0.05) is 19.0 Å². The quantitative estimate of drug-likeness (QED) is 0.852. The van der Waals surface area contributed by atoms with E-state index in [1.807, 2.05) is 6.07 Å². The average Bonchev–Trinajstić information content (AvgIpc) is 3.10. The molecule has 1 atom stereocenters. The molecule has 138 valence electrons. The number of likely N-dealkylation sites (tertiary alicyclic amines) is 1. The summed E-state index contributed by atoms with van der Waals surface area (Å²) in [5, 5.41) is 10.2. The van der Waals surface area contributed by atoms with Gasteiger partial charge in [-0.1, -0.05) is 20.8 Å². The highest BCUT2D eigenvalue weighted by atomic mass is 16.6. The fourth-order valence-corrected chi connectivity index (χ4v) is 3.39. The molecule has 8 nitrogen and oxygen atoms in total. The summed E-state index contributed by atoms with van der Waals surface area (Å²) in [5.74, 6) is 0. The molecular weight excluding hydrogens is 322 g/mol. The monoisotopic (exact) mass is 349 g/mol. The van der Waals surface area contributed by atoms with Crippen molar-refractivity contribution in [2.24, 2.45) is 0 Å². The van der Waals surface area contributed by atoms with Crippen molar-refractivity contribution in [1.82, 2.24) is 25.3 Å². The predicted octanol–water partition coefficient (Wildman–Crippen LogP) is 1.83. The average molecular weight is 349 g/mol. The Morgan fingerprint density at radius 3 is 2.80 bits per heavy atom. The first-order chi connectivity index (χ1) is 11.7. The van der Waals surface area contributed by atoms with Gasteiger partial charge in [-0.15, -0.1) is 0 Å². The maximum Gasteiger partial charge on any atom is 0.410 e. The van der Waals surface area contributed by atoms with Crippen molar-refractivity contribution in [3.8, 4) is 0 Å². The van der Waals surface area contributed by atoms with Gasteiger partial charge in [-0.3, -0.25) is 5.10 Å². The Hall–Kier alpha value is -2.25. The number of hydrogen-bond acceptors (Lipinski definition) is 4. The minimum Gasteiger partial charge on any atom is -0.439 e. The molecule has 3 heterocycles. The van der Waals surface area contributed by atoms with Crippen LogP contribution in [0.25, 0.3) is 0 Å². The second-order valence-corrected chi connectivity index (χ2v) is 8.12. The lowest BCUT2D eigenvalue weighted by atomic mass is 9.92. The van der Waals surface area contributed by atoms with Gasteiger partial charge in [-0.2, -0.15) is 5.10 Å². The van der Waals surface area contributed by atoms with E-state index >= 15 is 0 Å². The zero-order chi connectivity index (χ0) is 18.2. The van der Waals surface area contributed by atoms with Gasteiger partial charge in [0.1, 0.15) is 5.60 Å². The number of ether oxygens (including phenoxy) is 1. The van der Waals surface area contributed by atoms with E-state index in [0.717, 1.165) is 24.2 Å². The topological polar surface area (TPSA) is 90.6 Å². The number of urea groups is 1. The van der Waals surface area contributed by atoms with Crippen molar-refractivity contribution >= 4 is 12.1 Å². The fraction of sp³-hybridized carbons (Fsp3) is 0.706. The van der Waals surface area contributed by atoms with E-state index in [4.69, 9.17) is 4.74 Å². The Labute approximate surface area is 147 Å². The second-order valence-electron chi connectivity index (χ2n) is 8.12. The Bertz CT molecular complexity index is 665. The third kappa shape index (κ3) is 3.72. The van der Waals surface area contributed by atoms with E-state index in [-0.39, 0.29) is 17.5 Å². The van der Waals surface area contributed by atoms with Crippen LogP contribution in [-0.2, 0) is 16.7 Å². The van der Waals surface area contributed by atoms with Gasteiger partial charge in [-0.05, 0) is 18.9 Å². The Kier molecular flexibility index (Phi) is 4.38. The van der Waals surface area contributed by atoms with Gasteiger partial charge in [0.05, 0.1) is 31.0 Å². The zero-order valence-electron chi connectivity index (χ0n) is 15.4. The van der Waals surface area contributed by atoms with Crippen LogP contribution in [-0.4, -0.2) is 64.4 Å². The number of rotatable bonds is 2. The number of carbonyl (C=O) groups is 2. The molecule has 0 saturated carbocycles. The maximum atomic E-state index is 12.5. The van der Waals surface area contributed by atoms with E-state index in [1.165, 1.54) is 0 Å². The summed E-state index contributed by atoms with van der Waals surface area (Å²) in [6.45, 7) is 8.32. The molecule has 0 aliphatic carbocycles. The summed E-state index contributed by atoms with van der Waals surface area (Å²) in [5.41, 5.74) is 1.25. The van der Waals surface area contributed by atoms with Crippen LogP contribution in [0.5, 0.6) is 0 Å². The first kappa shape index (κ1) is 17.6. The highest BCUT2D eigenvalue weighted by Gasteiger charge is 2.47. The van der Waals surface area contributed by atoms with Gasteiger partial charge in [-0.25, -0.2) is 9.59 Å². The van der Waals surface area contributed by atoms with Crippen LogP contribution in [0.1, 0.15) is 45.0 Å². The van der Waals surface area contributed by atoms with Gasteiger partial charge in [0.2, 0.25) is 0 Å². The second kappa shape index (κ2) is 6.24. The number of piperidine rings is 1. The van der Waals surface area contributed by atoms with E-state index < -0.39 is 5.60 Å². The van der Waals surface area contributed by atoms with Crippen LogP contribution in [0.15, 0.2) is 6.07 Å². The summed E-state index contributed by atoms with van der Waals surface area (Å²) < 4.78 is 5.54. The van der Waals surface area contributed by atoms with Gasteiger partial charge in [0.15, 0.2) is 0 Å².